The zero-order chi connectivity index (χ0) is 16.8. The summed E-state index contributed by atoms with van der Waals surface area (Å²) in [6.45, 7) is 8.53. The van der Waals surface area contributed by atoms with Crippen molar-refractivity contribution in [1.29, 1.82) is 0 Å². The fraction of sp³-hybridized carbons (Fsp3) is 0.250. The van der Waals surface area contributed by atoms with Crippen molar-refractivity contribution in [2.75, 3.05) is 0 Å². The van der Waals surface area contributed by atoms with Gasteiger partial charge in [0.1, 0.15) is 5.82 Å². The third-order valence-electron chi connectivity index (χ3n) is 4.19. The minimum Gasteiger partial charge on any atom is -0.354 e. The number of aromatic amines is 1. The van der Waals surface area contributed by atoms with Crippen LogP contribution in [0.25, 0.3) is 22.2 Å². The molecule has 118 valence electrons. The molecule has 0 saturated heterocycles. The lowest BCUT2D eigenvalue weighted by atomic mass is 9.85. The third kappa shape index (κ3) is 2.79. The van der Waals surface area contributed by atoms with Crippen LogP contribution in [0.15, 0.2) is 47.3 Å². The highest BCUT2D eigenvalue weighted by molar-refractivity contribution is 5.82. The molecule has 0 unspecified atom stereocenters. The molecule has 0 radical (unpaired) electrons. The summed E-state index contributed by atoms with van der Waals surface area (Å²) in [5.74, 6) is -0.491. The van der Waals surface area contributed by atoms with Crippen LogP contribution in [0.2, 0.25) is 0 Å². The Balaban J connectivity index is 2.20. The fourth-order valence-electron chi connectivity index (χ4n) is 2.84. The molecule has 23 heavy (non-hydrogen) atoms. The van der Waals surface area contributed by atoms with Crippen LogP contribution < -0.4 is 5.43 Å². The molecule has 1 aromatic heterocycles. The van der Waals surface area contributed by atoms with Crippen LogP contribution in [0.3, 0.4) is 0 Å². The first-order chi connectivity index (χ1) is 10.8. The number of nitrogens with one attached hydrogen (secondary N) is 1. The molecule has 3 aromatic rings. The van der Waals surface area contributed by atoms with Crippen LogP contribution in [0, 0.1) is 12.7 Å². The number of benzene rings is 2. The van der Waals surface area contributed by atoms with Gasteiger partial charge in [0.25, 0.3) is 0 Å². The predicted octanol–water partition coefficient (Wildman–Crippen LogP) is 4.94. The minimum absolute atomic E-state index is 0.0726. The Hall–Kier alpha value is -2.42. The lowest BCUT2D eigenvalue weighted by Crippen LogP contribution is -2.11. The Bertz CT molecular complexity index is 948. The van der Waals surface area contributed by atoms with E-state index >= 15 is 0 Å². The van der Waals surface area contributed by atoms with Crippen molar-refractivity contribution in [2.45, 2.75) is 33.1 Å². The monoisotopic (exact) mass is 309 g/mol. The summed E-state index contributed by atoms with van der Waals surface area (Å²) in [4.78, 5) is 15.5. The zero-order valence-corrected chi connectivity index (χ0v) is 13.8. The van der Waals surface area contributed by atoms with Crippen LogP contribution in [0.1, 0.15) is 31.9 Å². The van der Waals surface area contributed by atoms with Crippen LogP contribution >= 0.6 is 0 Å². The molecular weight excluding hydrogens is 289 g/mol. The number of fused-ring (bicyclic) bond motifs is 1. The van der Waals surface area contributed by atoms with Crippen molar-refractivity contribution >= 4 is 10.9 Å². The van der Waals surface area contributed by atoms with E-state index in [-0.39, 0.29) is 16.2 Å². The van der Waals surface area contributed by atoms with Crippen molar-refractivity contribution in [1.82, 2.24) is 4.98 Å². The van der Waals surface area contributed by atoms with Crippen LogP contribution in [0.5, 0.6) is 0 Å². The molecule has 2 nitrogen and oxygen atoms in total. The first kappa shape index (κ1) is 15.5. The minimum atomic E-state index is -0.491. The number of rotatable bonds is 1. The van der Waals surface area contributed by atoms with Gasteiger partial charge in [-0.1, -0.05) is 45.0 Å². The smallest absolute Gasteiger partial charge is 0.192 e. The fourth-order valence-corrected chi connectivity index (χ4v) is 2.84. The van der Waals surface area contributed by atoms with Gasteiger partial charge < -0.3 is 4.98 Å². The molecule has 0 fully saturated rings. The molecule has 2 aromatic carbocycles. The molecule has 1 N–H and O–H groups in total. The van der Waals surface area contributed by atoms with Gasteiger partial charge in [0.05, 0.1) is 10.9 Å². The van der Waals surface area contributed by atoms with Crippen LogP contribution in [0.4, 0.5) is 4.39 Å². The molecule has 0 spiro atoms. The Labute approximate surface area is 135 Å². The average Bonchev–Trinajstić information content (AvgIpc) is 2.45. The van der Waals surface area contributed by atoms with Crippen molar-refractivity contribution in [3.63, 3.8) is 0 Å². The topological polar surface area (TPSA) is 32.9 Å². The average molecular weight is 309 g/mol. The van der Waals surface area contributed by atoms with E-state index in [1.54, 1.807) is 12.1 Å². The summed E-state index contributed by atoms with van der Waals surface area (Å²) < 4.78 is 13.8. The maximum Gasteiger partial charge on any atom is 0.192 e. The third-order valence-corrected chi connectivity index (χ3v) is 4.19. The molecule has 1 heterocycles. The van der Waals surface area contributed by atoms with E-state index in [0.29, 0.717) is 11.2 Å². The number of pyridine rings is 1. The number of hydrogen-bond acceptors (Lipinski definition) is 1. The summed E-state index contributed by atoms with van der Waals surface area (Å²) in [6.07, 6.45) is 0. The molecule has 0 aliphatic carbocycles. The molecule has 0 atom stereocenters. The summed E-state index contributed by atoms with van der Waals surface area (Å²) in [5.41, 5.74) is 4.30. The summed E-state index contributed by atoms with van der Waals surface area (Å²) >= 11 is 0. The van der Waals surface area contributed by atoms with E-state index in [1.165, 1.54) is 17.7 Å². The second-order valence-corrected chi connectivity index (χ2v) is 6.99. The number of halogens is 1. The van der Waals surface area contributed by atoms with Crippen molar-refractivity contribution < 1.29 is 4.39 Å². The lowest BCUT2D eigenvalue weighted by Gasteiger charge is -2.20. The maximum absolute atomic E-state index is 13.8. The van der Waals surface area contributed by atoms with E-state index in [1.807, 2.05) is 13.0 Å². The normalized spacial score (nSPS) is 11.9. The molecule has 0 aliphatic heterocycles. The number of aryl methyl sites for hydroxylation is 1. The van der Waals surface area contributed by atoms with Crippen molar-refractivity contribution in [2.24, 2.45) is 0 Å². The summed E-state index contributed by atoms with van der Waals surface area (Å²) in [5, 5.41) is 0.111. The van der Waals surface area contributed by atoms with Gasteiger partial charge >= 0.3 is 0 Å². The van der Waals surface area contributed by atoms with E-state index in [4.69, 9.17) is 0 Å². The van der Waals surface area contributed by atoms with E-state index in [2.05, 4.69) is 37.9 Å². The molecule has 3 heteroatoms. The second kappa shape index (κ2) is 5.34. The molecular formula is C20H20FNO. The second-order valence-electron chi connectivity index (χ2n) is 6.99. The van der Waals surface area contributed by atoms with E-state index < -0.39 is 5.82 Å². The Morgan fingerprint density at radius 1 is 1.04 bits per heavy atom. The number of aromatic nitrogens is 1. The molecule has 0 aliphatic rings. The van der Waals surface area contributed by atoms with Gasteiger partial charge in [-0.15, -0.1) is 0 Å². The largest absolute Gasteiger partial charge is 0.354 e. The van der Waals surface area contributed by atoms with Crippen molar-refractivity contribution in [3.8, 4) is 11.3 Å². The molecule has 3 rings (SSSR count). The number of H-pyrrole nitrogens is 1. The highest BCUT2D eigenvalue weighted by atomic mass is 19.1. The standard InChI is InChI=1S/C20H20FNO/c1-12-10-13(20(2,3)4)8-9-14(12)17-11-18(23)19-15(21)6-5-7-16(19)22-17/h5-11H,1-4H3,(H,22,23). The van der Waals surface area contributed by atoms with Crippen molar-refractivity contribution in [3.05, 3.63) is 69.6 Å². The quantitative estimate of drug-likeness (QED) is 0.678. The number of hydrogen-bond donors (Lipinski definition) is 1. The van der Waals surface area contributed by atoms with Gasteiger partial charge in [-0.2, -0.15) is 0 Å². The van der Waals surface area contributed by atoms with Crippen LogP contribution in [-0.4, -0.2) is 4.98 Å². The maximum atomic E-state index is 13.8. The van der Waals surface area contributed by atoms with E-state index in [0.717, 1.165) is 11.1 Å². The predicted molar refractivity (Wildman–Crippen MR) is 93.4 cm³/mol. The van der Waals surface area contributed by atoms with Gasteiger partial charge in [0.15, 0.2) is 5.43 Å². The highest BCUT2D eigenvalue weighted by Gasteiger charge is 2.15. The summed E-state index contributed by atoms with van der Waals surface area (Å²) in [6, 6.07) is 12.4. The first-order valence-corrected chi connectivity index (χ1v) is 7.70. The molecule has 0 saturated carbocycles. The Morgan fingerprint density at radius 2 is 1.78 bits per heavy atom. The highest BCUT2D eigenvalue weighted by Crippen LogP contribution is 2.29. The molecule has 0 bridgehead atoms. The lowest BCUT2D eigenvalue weighted by molar-refractivity contribution is 0.590. The van der Waals surface area contributed by atoms with Gasteiger partial charge in [0, 0.05) is 17.3 Å². The summed E-state index contributed by atoms with van der Waals surface area (Å²) in [7, 11) is 0. The first-order valence-electron chi connectivity index (χ1n) is 7.70. The molecule has 0 amide bonds. The van der Waals surface area contributed by atoms with Gasteiger partial charge in [-0.3, -0.25) is 4.79 Å². The SMILES string of the molecule is Cc1cc(C(C)(C)C)ccc1-c1cc(=O)c2c(F)cccc2[nH]1. The van der Waals surface area contributed by atoms with Gasteiger partial charge in [-0.05, 0) is 35.6 Å². The van der Waals surface area contributed by atoms with Gasteiger partial charge in [0.2, 0.25) is 0 Å². The van der Waals surface area contributed by atoms with Crippen LogP contribution in [-0.2, 0) is 5.41 Å². The Kier molecular flexibility index (Phi) is 3.59. The van der Waals surface area contributed by atoms with Gasteiger partial charge in [-0.25, -0.2) is 4.39 Å². The Morgan fingerprint density at radius 3 is 2.43 bits per heavy atom. The van der Waals surface area contributed by atoms with E-state index in [9.17, 15) is 9.18 Å². The zero-order valence-electron chi connectivity index (χ0n) is 13.8.